The molecule has 0 aliphatic heterocycles. The van der Waals surface area contributed by atoms with E-state index in [2.05, 4.69) is 31.0 Å². The first-order valence-corrected chi connectivity index (χ1v) is 10.3. The number of carbonyl (C=O) groups is 2. The van der Waals surface area contributed by atoms with Gasteiger partial charge in [-0.15, -0.1) is 20.4 Å². The van der Waals surface area contributed by atoms with E-state index in [4.69, 9.17) is 0 Å². The van der Waals surface area contributed by atoms with Gasteiger partial charge in [0.25, 0.3) is 0 Å². The molecule has 0 bridgehead atoms. The van der Waals surface area contributed by atoms with Crippen molar-refractivity contribution < 1.29 is 9.59 Å². The van der Waals surface area contributed by atoms with Crippen molar-refractivity contribution in [2.24, 2.45) is 5.41 Å². The summed E-state index contributed by atoms with van der Waals surface area (Å²) in [6.07, 6.45) is 4.93. The van der Waals surface area contributed by atoms with Crippen LogP contribution < -0.4 is 10.6 Å². The molecular formula is C16H20N6O2S2. The van der Waals surface area contributed by atoms with Crippen LogP contribution in [0.1, 0.15) is 67.8 Å². The molecule has 2 aromatic rings. The zero-order valence-corrected chi connectivity index (χ0v) is 16.2. The Hall–Kier alpha value is -1.94. The molecule has 0 unspecified atom stereocenters. The van der Waals surface area contributed by atoms with Gasteiger partial charge in [-0.25, -0.2) is 0 Å². The third kappa shape index (κ3) is 3.35. The van der Waals surface area contributed by atoms with E-state index in [-0.39, 0.29) is 11.8 Å². The molecule has 8 nitrogen and oxygen atoms in total. The minimum absolute atomic E-state index is 0.0321. The summed E-state index contributed by atoms with van der Waals surface area (Å²) in [6.45, 7) is 3.29. The van der Waals surface area contributed by atoms with Crippen molar-refractivity contribution in [3.8, 4) is 0 Å². The number of nitrogens with zero attached hydrogens (tertiary/aromatic N) is 4. The second kappa shape index (κ2) is 6.66. The van der Waals surface area contributed by atoms with Crippen molar-refractivity contribution in [1.29, 1.82) is 0 Å². The van der Waals surface area contributed by atoms with Crippen LogP contribution in [-0.4, -0.2) is 32.2 Å². The summed E-state index contributed by atoms with van der Waals surface area (Å²) < 4.78 is 0. The van der Waals surface area contributed by atoms with Crippen LogP contribution in [0, 0.1) is 5.41 Å². The topological polar surface area (TPSA) is 110 Å². The van der Waals surface area contributed by atoms with Gasteiger partial charge in [-0.05, 0) is 31.1 Å². The van der Waals surface area contributed by atoms with E-state index >= 15 is 0 Å². The number of aromatic nitrogens is 4. The van der Waals surface area contributed by atoms with Gasteiger partial charge >= 0.3 is 0 Å². The van der Waals surface area contributed by atoms with Crippen molar-refractivity contribution in [2.45, 2.75) is 57.8 Å². The molecular weight excluding hydrogens is 372 g/mol. The Morgan fingerprint density at radius 3 is 1.92 bits per heavy atom. The highest BCUT2D eigenvalue weighted by molar-refractivity contribution is 7.15. The zero-order valence-electron chi connectivity index (χ0n) is 14.6. The highest BCUT2D eigenvalue weighted by atomic mass is 32.1. The molecule has 0 radical (unpaired) electrons. The summed E-state index contributed by atoms with van der Waals surface area (Å²) >= 11 is 2.96. The van der Waals surface area contributed by atoms with Gasteiger partial charge in [0.2, 0.25) is 22.1 Å². The van der Waals surface area contributed by atoms with Crippen LogP contribution in [0.2, 0.25) is 0 Å². The maximum atomic E-state index is 11.4. The van der Waals surface area contributed by atoms with Crippen molar-refractivity contribution in [3.05, 3.63) is 10.0 Å². The Labute approximate surface area is 158 Å². The molecule has 0 atom stereocenters. The summed E-state index contributed by atoms with van der Waals surface area (Å²) in [5.74, 6) is 0.747. The first kappa shape index (κ1) is 17.5. The van der Waals surface area contributed by atoms with E-state index < -0.39 is 0 Å². The lowest BCUT2D eigenvalue weighted by Crippen LogP contribution is -2.45. The predicted octanol–water partition coefficient (Wildman–Crippen LogP) is 3.14. The van der Waals surface area contributed by atoms with Gasteiger partial charge in [0.15, 0.2) is 0 Å². The summed E-state index contributed by atoms with van der Waals surface area (Å²) in [6, 6.07) is 0. The van der Waals surface area contributed by atoms with Gasteiger partial charge in [-0.2, -0.15) is 0 Å². The monoisotopic (exact) mass is 392 g/mol. The van der Waals surface area contributed by atoms with Crippen LogP contribution in [0.15, 0.2) is 0 Å². The highest BCUT2D eigenvalue weighted by Crippen LogP contribution is 2.66. The molecule has 2 aliphatic rings. The lowest BCUT2D eigenvalue weighted by Gasteiger charge is -2.56. The van der Waals surface area contributed by atoms with E-state index in [1.807, 2.05) is 6.92 Å². The molecule has 2 saturated carbocycles. The second-order valence-electron chi connectivity index (χ2n) is 7.18. The fourth-order valence-electron chi connectivity index (χ4n) is 3.91. The molecule has 1 spiro atoms. The number of anilines is 2. The maximum absolute atomic E-state index is 11.4. The van der Waals surface area contributed by atoms with E-state index in [1.54, 1.807) is 0 Å². The molecule has 0 aromatic carbocycles. The summed E-state index contributed by atoms with van der Waals surface area (Å²) in [5.41, 5.74) is 0.396. The van der Waals surface area contributed by atoms with Crippen molar-refractivity contribution in [2.75, 3.05) is 10.6 Å². The molecule has 26 heavy (non-hydrogen) atoms. The minimum Gasteiger partial charge on any atom is -0.301 e. The highest BCUT2D eigenvalue weighted by Gasteiger charge is 2.55. The van der Waals surface area contributed by atoms with Crippen LogP contribution in [0.4, 0.5) is 10.3 Å². The maximum Gasteiger partial charge on any atom is 0.225 e. The Morgan fingerprint density at radius 2 is 1.46 bits per heavy atom. The molecule has 2 fully saturated rings. The number of rotatable bonds is 5. The standard InChI is InChI=1S/C16H20N6O2S2/c1-3-11(24)18-15-22-20-13(26-15)10-6-16(7-10)4-9(5-16)12-19-21-14(25-12)17-8(2)23/h9-10H,3-7H2,1-2H3,(H,17,21,23)(H,18,22,24). The van der Waals surface area contributed by atoms with Gasteiger partial charge in [-0.3, -0.25) is 9.59 Å². The van der Waals surface area contributed by atoms with Crippen LogP contribution in [-0.2, 0) is 9.59 Å². The molecule has 2 aromatic heterocycles. The molecule has 2 heterocycles. The third-order valence-electron chi connectivity index (χ3n) is 5.15. The molecule has 10 heteroatoms. The number of carbonyl (C=O) groups excluding carboxylic acids is 2. The number of amides is 2. The van der Waals surface area contributed by atoms with Gasteiger partial charge in [0.05, 0.1) is 0 Å². The second-order valence-corrected chi connectivity index (χ2v) is 9.20. The van der Waals surface area contributed by atoms with E-state index in [1.165, 1.54) is 29.6 Å². The Kier molecular flexibility index (Phi) is 4.47. The van der Waals surface area contributed by atoms with E-state index in [9.17, 15) is 9.59 Å². The normalized spacial score (nSPS) is 26.8. The Morgan fingerprint density at radius 1 is 0.962 bits per heavy atom. The quantitative estimate of drug-likeness (QED) is 0.809. The van der Waals surface area contributed by atoms with Crippen LogP contribution in [0.5, 0.6) is 0 Å². The molecule has 2 amide bonds. The minimum atomic E-state index is -0.119. The summed E-state index contributed by atoms with van der Waals surface area (Å²) in [7, 11) is 0. The lowest BCUT2D eigenvalue weighted by atomic mass is 9.48. The largest absolute Gasteiger partial charge is 0.301 e. The third-order valence-corrected chi connectivity index (χ3v) is 7.15. The average molecular weight is 393 g/mol. The van der Waals surface area contributed by atoms with Crippen molar-refractivity contribution in [1.82, 2.24) is 20.4 Å². The van der Waals surface area contributed by atoms with Crippen LogP contribution in [0.25, 0.3) is 0 Å². The molecule has 2 N–H and O–H groups in total. The van der Waals surface area contributed by atoms with Crippen molar-refractivity contribution in [3.63, 3.8) is 0 Å². The fourth-order valence-corrected chi connectivity index (χ4v) is 5.66. The number of hydrogen-bond acceptors (Lipinski definition) is 8. The SMILES string of the molecule is CCC(=O)Nc1nnc(C2CC3(CC(c4nnc(NC(C)=O)s4)C3)C2)s1. The summed E-state index contributed by atoms with van der Waals surface area (Å²) in [5, 5.41) is 25.3. The lowest BCUT2D eigenvalue weighted by molar-refractivity contribution is -0.116. The fraction of sp³-hybridized carbons (Fsp3) is 0.625. The zero-order chi connectivity index (χ0) is 18.3. The molecule has 4 rings (SSSR count). The Balaban J connectivity index is 1.29. The molecule has 2 aliphatic carbocycles. The van der Waals surface area contributed by atoms with E-state index in [0.29, 0.717) is 33.9 Å². The van der Waals surface area contributed by atoms with Gasteiger partial charge < -0.3 is 10.6 Å². The van der Waals surface area contributed by atoms with Gasteiger partial charge in [0.1, 0.15) is 10.0 Å². The smallest absolute Gasteiger partial charge is 0.225 e. The summed E-state index contributed by atoms with van der Waals surface area (Å²) in [4.78, 5) is 22.5. The number of hydrogen-bond donors (Lipinski definition) is 2. The Bertz CT molecular complexity index is 833. The van der Waals surface area contributed by atoms with E-state index in [0.717, 1.165) is 35.7 Å². The van der Waals surface area contributed by atoms with Gasteiger partial charge in [0, 0.05) is 25.2 Å². The average Bonchev–Trinajstić information content (AvgIpc) is 3.14. The first-order valence-electron chi connectivity index (χ1n) is 8.70. The van der Waals surface area contributed by atoms with Crippen LogP contribution >= 0.6 is 22.7 Å². The van der Waals surface area contributed by atoms with Gasteiger partial charge in [-0.1, -0.05) is 29.6 Å². The molecule has 0 saturated heterocycles. The van der Waals surface area contributed by atoms with Crippen molar-refractivity contribution >= 4 is 44.8 Å². The molecule has 138 valence electrons. The van der Waals surface area contributed by atoms with Crippen LogP contribution in [0.3, 0.4) is 0 Å². The predicted molar refractivity (Wildman–Crippen MR) is 99.4 cm³/mol. The first-order chi connectivity index (χ1) is 12.5. The number of nitrogens with one attached hydrogen (secondary N) is 2.